The van der Waals surface area contributed by atoms with Gasteiger partial charge in [-0.3, -0.25) is 4.79 Å². The molecule has 1 aliphatic rings. The van der Waals surface area contributed by atoms with E-state index < -0.39 is 0 Å². The molecule has 0 saturated carbocycles. The number of carbonyl (C=O) groups is 1. The van der Waals surface area contributed by atoms with Crippen LogP contribution in [0.25, 0.3) is 0 Å². The molecule has 0 unspecified atom stereocenters. The van der Waals surface area contributed by atoms with Gasteiger partial charge in [0.05, 0.1) is 13.7 Å². The number of methoxy groups -OCH3 is 1. The van der Waals surface area contributed by atoms with Crippen molar-refractivity contribution in [3.05, 3.63) is 53.9 Å². The molecule has 1 aromatic carbocycles. The lowest BCUT2D eigenvalue weighted by atomic mass is 10.1. The monoisotopic (exact) mass is 362 g/mol. The summed E-state index contributed by atoms with van der Waals surface area (Å²) in [7, 11) is 1.62. The highest BCUT2D eigenvalue weighted by molar-refractivity contribution is 5.99. The number of carbonyl (C=O) groups excluding carboxylic acids is 1. The lowest BCUT2D eigenvalue weighted by Gasteiger charge is -2.15. The minimum Gasteiger partial charge on any atom is -1.00 e. The summed E-state index contributed by atoms with van der Waals surface area (Å²) in [6.45, 7) is 4.29. The van der Waals surface area contributed by atoms with Crippen LogP contribution in [-0.2, 0) is 6.54 Å². The van der Waals surface area contributed by atoms with Crippen LogP contribution < -0.4 is 21.7 Å². The van der Waals surface area contributed by atoms with E-state index in [-0.39, 0.29) is 22.8 Å². The van der Waals surface area contributed by atoms with Gasteiger partial charge in [-0.25, -0.2) is 4.58 Å². The molecule has 0 aliphatic carbocycles. The molecule has 5 heteroatoms. The van der Waals surface area contributed by atoms with Crippen molar-refractivity contribution >= 4 is 11.5 Å². The second-order valence-corrected chi connectivity index (χ2v) is 5.25. The fourth-order valence-corrected chi connectivity index (χ4v) is 2.73. The summed E-state index contributed by atoms with van der Waals surface area (Å²) >= 11 is 0. The summed E-state index contributed by atoms with van der Waals surface area (Å²) in [4.78, 5) is 12.4. The lowest BCUT2D eigenvalue weighted by molar-refractivity contribution is -0.518. The Hall–Kier alpha value is -1.88. The molecule has 116 valence electrons. The first-order valence-corrected chi connectivity index (χ1v) is 7.10. The Morgan fingerprint density at radius 1 is 1.27 bits per heavy atom. The molecule has 0 fully saturated rings. The van der Waals surface area contributed by atoms with E-state index in [0.29, 0.717) is 6.54 Å². The summed E-state index contributed by atoms with van der Waals surface area (Å²) in [6.07, 6.45) is 2.08. The molecule has 0 atom stereocenters. The van der Waals surface area contributed by atoms with Crippen molar-refractivity contribution < 1.29 is 31.1 Å². The highest BCUT2D eigenvalue weighted by atomic mass is 79.9. The average molecular weight is 363 g/mol. The Bertz CT molecular complexity index is 702. The molecule has 0 bridgehead atoms. The zero-order chi connectivity index (χ0) is 14.8. The maximum atomic E-state index is 12.4. The molecule has 2 heterocycles. The molecule has 3 rings (SSSR count). The van der Waals surface area contributed by atoms with Crippen molar-refractivity contribution in [2.75, 3.05) is 20.2 Å². The molecule has 22 heavy (non-hydrogen) atoms. The minimum absolute atomic E-state index is 0. The van der Waals surface area contributed by atoms with E-state index in [2.05, 4.69) is 28.3 Å². The molecule has 0 amide bonds. The van der Waals surface area contributed by atoms with Crippen LogP contribution in [0.4, 0.5) is 0 Å². The minimum atomic E-state index is 0. The van der Waals surface area contributed by atoms with Crippen LogP contribution in [0.3, 0.4) is 0 Å². The number of nitrogens with zero attached hydrogens (tertiary/aromatic N) is 2. The number of hydrogen-bond donors (Lipinski definition) is 0. The largest absolute Gasteiger partial charge is 1.00 e. The summed E-state index contributed by atoms with van der Waals surface area (Å²) in [5.74, 6) is 0.905. The zero-order valence-corrected chi connectivity index (χ0v) is 14.3. The molecular weight excluding hydrogens is 344 g/mol. The normalized spacial score (nSPS) is 13.4. The topological polar surface area (TPSA) is 34.2 Å². The molecule has 1 aliphatic heterocycles. The molecule has 4 nitrogen and oxygen atoms in total. The summed E-state index contributed by atoms with van der Waals surface area (Å²) in [5.41, 5.74) is 3.08. The maximum Gasteiger partial charge on any atom is 0.227 e. The van der Waals surface area contributed by atoms with E-state index >= 15 is 0 Å². The number of rotatable bonds is 4. The number of Topliss-reactive ketones (excluding diaryl/α,β-unsaturated/α-hetero) is 1. The van der Waals surface area contributed by atoms with E-state index in [1.807, 2.05) is 30.3 Å². The third kappa shape index (κ3) is 3.14. The SMILES string of the molecule is COc1ccc(C(=O)C[N+]2=C(C)c3cccn3CC2)cc1.[Br-]. The number of halogens is 1. The Morgan fingerprint density at radius 2 is 2.00 bits per heavy atom. The van der Waals surface area contributed by atoms with Gasteiger partial charge in [0, 0.05) is 18.7 Å². The number of hydrogen-bond acceptors (Lipinski definition) is 2. The van der Waals surface area contributed by atoms with Gasteiger partial charge in [0.25, 0.3) is 0 Å². The van der Waals surface area contributed by atoms with Crippen LogP contribution in [0.1, 0.15) is 23.0 Å². The maximum absolute atomic E-state index is 12.4. The van der Waals surface area contributed by atoms with Crippen LogP contribution in [0.2, 0.25) is 0 Å². The summed E-state index contributed by atoms with van der Waals surface area (Å²) in [5, 5.41) is 0. The van der Waals surface area contributed by atoms with E-state index in [1.54, 1.807) is 7.11 Å². The van der Waals surface area contributed by atoms with E-state index in [4.69, 9.17) is 4.74 Å². The van der Waals surface area contributed by atoms with E-state index in [9.17, 15) is 4.79 Å². The number of benzene rings is 1. The van der Waals surface area contributed by atoms with E-state index in [1.165, 1.54) is 5.69 Å². The number of ether oxygens (including phenoxy) is 1. The number of ketones is 1. The van der Waals surface area contributed by atoms with Crippen molar-refractivity contribution in [2.45, 2.75) is 13.5 Å². The first-order valence-electron chi connectivity index (χ1n) is 7.10. The molecule has 0 spiro atoms. The van der Waals surface area contributed by atoms with Gasteiger partial charge in [-0.2, -0.15) is 0 Å². The molecule has 0 N–H and O–H groups in total. The predicted molar refractivity (Wildman–Crippen MR) is 81.5 cm³/mol. The fraction of sp³-hybridized carbons (Fsp3) is 0.294. The molecule has 0 radical (unpaired) electrons. The Morgan fingerprint density at radius 3 is 2.68 bits per heavy atom. The van der Waals surface area contributed by atoms with Crippen molar-refractivity contribution in [2.24, 2.45) is 0 Å². The first kappa shape index (κ1) is 16.5. The van der Waals surface area contributed by atoms with Crippen LogP contribution in [0, 0.1) is 0 Å². The molecule has 2 aromatic rings. The summed E-state index contributed by atoms with van der Waals surface area (Å²) < 4.78 is 9.50. The van der Waals surface area contributed by atoms with Gasteiger partial charge in [-0.15, -0.1) is 0 Å². The van der Waals surface area contributed by atoms with Crippen molar-refractivity contribution in [1.82, 2.24) is 4.57 Å². The fourth-order valence-electron chi connectivity index (χ4n) is 2.73. The van der Waals surface area contributed by atoms with Crippen molar-refractivity contribution in [3.63, 3.8) is 0 Å². The van der Waals surface area contributed by atoms with E-state index in [0.717, 1.165) is 30.1 Å². The van der Waals surface area contributed by atoms with Crippen LogP contribution in [-0.4, -0.2) is 40.8 Å². The van der Waals surface area contributed by atoms with Gasteiger partial charge in [-0.05, 0) is 36.4 Å². The Kier molecular flexibility index (Phi) is 5.19. The average Bonchev–Trinajstić information content (AvgIpc) is 2.99. The predicted octanol–water partition coefficient (Wildman–Crippen LogP) is -0.781. The second-order valence-electron chi connectivity index (χ2n) is 5.25. The highest BCUT2D eigenvalue weighted by Crippen LogP contribution is 2.13. The third-order valence-electron chi connectivity index (χ3n) is 4.03. The highest BCUT2D eigenvalue weighted by Gasteiger charge is 2.24. The van der Waals surface area contributed by atoms with Gasteiger partial charge >= 0.3 is 0 Å². The lowest BCUT2D eigenvalue weighted by Crippen LogP contribution is -3.00. The second kappa shape index (κ2) is 6.92. The zero-order valence-electron chi connectivity index (χ0n) is 12.8. The van der Waals surface area contributed by atoms with Crippen molar-refractivity contribution in [1.29, 1.82) is 0 Å². The van der Waals surface area contributed by atoms with Gasteiger partial charge in [0.15, 0.2) is 12.3 Å². The van der Waals surface area contributed by atoms with Gasteiger partial charge in [-0.1, -0.05) is 0 Å². The van der Waals surface area contributed by atoms with Crippen LogP contribution in [0.15, 0.2) is 42.6 Å². The molecular formula is C17H19BrN2O2. The van der Waals surface area contributed by atoms with Crippen LogP contribution in [0.5, 0.6) is 5.75 Å². The van der Waals surface area contributed by atoms with Crippen molar-refractivity contribution in [3.8, 4) is 5.75 Å². The third-order valence-corrected chi connectivity index (χ3v) is 4.03. The molecule has 0 saturated heterocycles. The first-order chi connectivity index (χ1) is 10.2. The van der Waals surface area contributed by atoms with Crippen LogP contribution >= 0.6 is 0 Å². The van der Waals surface area contributed by atoms with Gasteiger partial charge in [0.2, 0.25) is 12.3 Å². The quantitative estimate of drug-likeness (QED) is 0.528. The number of aromatic nitrogens is 1. The number of fused-ring (bicyclic) bond motifs is 1. The smallest absolute Gasteiger partial charge is 0.227 e. The van der Waals surface area contributed by atoms with Gasteiger partial charge < -0.3 is 26.3 Å². The molecule has 1 aromatic heterocycles. The summed E-state index contributed by atoms with van der Waals surface area (Å²) in [6, 6.07) is 11.4. The Balaban J connectivity index is 0.00000176. The Labute approximate surface area is 140 Å². The standard InChI is InChI=1S/C17H19N2O2.BrH/c1-13-16-4-3-9-18(16)10-11-19(13)12-17(20)14-5-7-15(21-2)8-6-14;/h3-9H,10-12H2,1-2H3;1H/q+1;/p-1. The van der Waals surface area contributed by atoms with Gasteiger partial charge in [0.1, 0.15) is 11.4 Å².